The van der Waals surface area contributed by atoms with Crippen LogP contribution in [0.4, 0.5) is 4.39 Å². The first-order valence-corrected chi connectivity index (χ1v) is 19.5. The number of aryl methyl sites for hydroxylation is 2. The largest absolute Gasteiger partial charge is 0.401 e. The molecule has 2 bridgehead atoms. The zero-order valence-corrected chi connectivity index (χ0v) is 31.8. The number of aromatic nitrogens is 2. The topological polar surface area (TPSA) is 178 Å². The number of nitrogens with zero attached hydrogens (tertiary/aromatic N) is 3. The number of carbonyl (C=O) groups excluding carboxylic acids is 2. The first-order valence-electron chi connectivity index (χ1n) is 18.8. The summed E-state index contributed by atoms with van der Waals surface area (Å²) in [5.74, 6) is 6.17. The second-order valence-electron chi connectivity index (χ2n) is 15.0. The fourth-order valence-corrected chi connectivity index (χ4v) is 8.52. The van der Waals surface area contributed by atoms with E-state index in [1.54, 1.807) is 18.2 Å². The summed E-state index contributed by atoms with van der Waals surface area (Å²) in [7, 11) is 0. The molecule has 2 aromatic carbocycles. The first-order chi connectivity index (χ1) is 26.1. The molecule has 4 aromatic rings. The van der Waals surface area contributed by atoms with Crippen LogP contribution in [0.5, 0.6) is 0 Å². The van der Waals surface area contributed by atoms with Gasteiger partial charge in [0.2, 0.25) is 11.8 Å². The number of hydrogen-bond acceptors (Lipinski definition) is 8. The van der Waals surface area contributed by atoms with Crippen molar-refractivity contribution in [1.29, 1.82) is 5.26 Å². The third-order valence-corrected chi connectivity index (χ3v) is 12.1. The Hall–Kier alpha value is -4.41. The average Bonchev–Trinajstić information content (AvgIpc) is 3.71. The van der Waals surface area contributed by atoms with Crippen molar-refractivity contribution in [2.45, 2.75) is 76.8 Å². The highest BCUT2D eigenvalue weighted by Crippen LogP contribution is 2.43. The Kier molecular flexibility index (Phi) is 11.3. The molecule has 2 amide bonds. The lowest BCUT2D eigenvalue weighted by Crippen LogP contribution is -2.31. The average molecular weight is 775 g/mol. The Morgan fingerprint density at radius 3 is 2.59 bits per heavy atom. The Balaban J connectivity index is 0.000000215. The number of hydrazine groups is 1. The number of nitrogens with two attached hydrogens (primary N) is 2. The third kappa shape index (κ3) is 7.73. The van der Waals surface area contributed by atoms with E-state index in [-0.39, 0.29) is 46.7 Å². The van der Waals surface area contributed by atoms with Crippen LogP contribution in [0.25, 0.3) is 32.9 Å². The summed E-state index contributed by atoms with van der Waals surface area (Å²) in [5.41, 5.74) is 12.7. The minimum absolute atomic E-state index is 0.0117. The van der Waals surface area contributed by atoms with E-state index in [1.165, 1.54) is 25.6 Å². The number of amides is 2. The van der Waals surface area contributed by atoms with Crippen LogP contribution in [0, 0.1) is 41.8 Å². The quantitative estimate of drug-likeness (QED) is 0.0921. The zero-order valence-electron chi connectivity index (χ0n) is 30.3. The maximum absolute atomic E-state index is 16.3. The summed E-state index contributed by atoms with van der Waals surface area (Å²) >= 11 is 12.8. The van der Waals surface area contributed by atoms with Crippen LogP contribution >= 0.6 is 23.2 Å². The number of hydrogen-bond donors (Lipinski definition) is 6. The second kappa shape index (κ2) is 16.1. The van der Waals surface area contributed by atoms with E-state index < -0.39 is 5.82 Å². The van der Waals surface area contributed by atoms with Gasteiger partial charge in [-0.2, -0.15) is 5.26 Å². The number of halogens is 3. The maximum Gasteiger partial charge on any atom is 0.226 e. The molecule has 2 unspecified atom stereocenters. The summed E-state index contributed by atoms with van der Waals surface area (Å²) in [4.78, 5) is 33.8. The molecule has 14 heteroatoms. The number of H-pyrrole nitrogens is 1. The summed E-state index contributed by atoms with van der Waals surface area (Å²) in [5, 5.41) is 17.5. The molecule has 2 atom stereocenters. The summed E-state index contributed by atoms with van der Waals surface area (Å²) in [6.45, 7) is 4.56. The molecule has 0 radical (unpaired) electrons. The van der Waals surface area contributed by atoms with Crippen molar-refractivity contribution < 1.29 is 14.0 Å². The summed E-state index contributed by atoms with van der Waals surface area (Å²) in [6, 6.07) is 12.2. The van der Waals surface area contributed by atoms with Crippen LogP contribution in [-0.4, -0.2) is 52.4 Å². The highest BCUT2D eigenvalue weighted by Gasteiger charge is 2.39. The van der Waals surface area contributed by atoms with Crippen molar-refractivity contribution in [2.75, 3.05) is 19.6 Å². The molecule has 10 rings (SSSR count). The standard InChI is InChI=1S/C29H25Cl2FN4O.C6H12N4O.C5H9N/c1-15-19-14-22(23-8-4-12-36(23)29(37)16-9-10-16)35-27(19)20-13-17(5-3-11-33)24(26(32)28(20)34-15)18-6-2-7-21(30)25(18)31;7-5(3-10-8)4-1-6(11)9-2-4;1-4-2-5(1)6-3-4/h2,6-7,13-14,16,23,35H,3-5,8-10,12H2,1H3;3-4,10H,1-2,7-8H2,(H,9,11);4-6H,1-3H2/b;5-3-;. The van der Waals surface area contributed by atoms with Crippen molar-refractivity contribution in [1.82, 2.24) is 30.9 Å². The molecule has 11 nitrogen and oxygen atoms in total. The van der Waals surface area contributed by atoms with Crippen molar-refractivity contribution in [3.63, 3.8) is 0 Å². The van der Waals surface area contributed by atoms with Gasteiger partial charge in [0.1, 0.15) is 5.52 Å². The number of fused-ring (bicyclic) bond motifs is 4. The van der Waals surface area contributed by atoms with Gasteiger partial charge in [0.25, 0.3) is 0 Å². The van der Waals surface area contributed by atoms with Gasteiger partial charge in [-0.25, -0.2) is 9.37 Å². The van der Waals surface area contributed by atoms with Gasteiger partial charge in [0.05, 0.1) is 27.7 Å². The van der Waals surface area contributed by atoms with Crippen molar-refractivity contribution in [2.24, 2.45) is 29.3 Å². The number of likely N-dealkylation sites (tertiary alicyclic amines) is 1. The molecule has 4 aliphatic heterocycles. The van der Waals surface area contributed by atoms with Gasteiger partial charge < -0.3 is 31.7 Å². The minimum atomic E-state index is -0.484. The molecular weight excluding hydrogens is 728 g/mol. The molecule has 2 saturated carbocycles. The number of rotatable bonds is 7. The van der Waals surface area contributed by atoms with Crippen LogP contribution in [0.15, 0.2) is 42.2 Å². The molecule has 2 aromatic heterocycles. The summed E-state index contributed by atoms with van der Waals surface area (Å²) < 4.78 is 16.3. The molecule has 4 saturated heterocycles. The van der Waals surface area contributed by atoms with Gasteiger partial charge in [-0.3, -0.25) is 15.4 Å². The van der Waals surface area contributed by atoms with Crippen molar-refractivity contribution >= 4 is 56.8 Å². The lowest BCUT2D eigenvalue weighted by molar-refractivity contribution is -0.133. The lowest BCUT2D eigenvalue weighted by atomic mass is 9.87. The highest BCUT2D eigenvalue weighted by molar-refractivity contribution is 6.43. The Labute approximate surface area is 324 Å². The molecule has 2 aliphatic carbocycles. The minimum Gasteiger partial charge on any atom is -0.401 e. The van der Waals surface area contributed by atoms with Gasteiger partial charge >= 0.3 is 0 Å². The highest BCUT2D eigenvalue weighted by atomic mass is 35.5. The molecule has 6 heterocycles. The van der Waals surface area contributed by atoms with E-state index in [1.807, 2.05) is 17.9 Å². The number of carbonyl (C=O) groups is 2. The Bertz CT molecular complexity index is 2140. The monoisotopic (exact) mass is 773 g/mol. The zero-order chi connectivity index (χ0) is 38.1. The van der Waals surface area contributed by atoms with E-state index in [0.29, 0.717) is 57.9 Å². The molecule has 8 N–H and O–H groups in total. The Morgan fingerprint density at radius 2 is 1.96 bits per heavy atom. The molecule has 0 spiro atoms. The Morgan fingerprint density at radius 1 is 1.17 bits per heavy atom. The lowest BCUT2D eigenvalue weighted by Gasteiger charge is -2.24. The number of aromatic amines is 1. The van der Waals surface area contributed by atoms with Gasteiger partial charge in [-0.15, -0.1) is 0 Å². The fourth-order valence-electron chi connectivity index (χ4n) is 8.12. The molecule has 6 aliphatic rings. The van der Waals surface area contributed by atoms with Crippen molar-refractivity contribution in [3.8, 4) is 17.2 Å². The predicted molar refractivity (Wildman–Crippen MR) is 209 cm³/mol. The van der Waals surface area contributed by atoms with Crippen LogP contribution in [0.1, 0.15) is 74.4 Å². The number of nitrogens with one attached hydrogen (secondary N) is 4. The predicted octanol–water partition coefficient (Wildman–Crippen LogP) is 6.42. The van der Waals surface area contributed by atoms with Gasteiger partial charge in [0.15, 0.2) is 5.82 Å². The number of nitriles is 1. The second-order valence-corrected chi connectivity index (χ2v) is 15.8. The summed E-state index contributed by atoms with van der Waals surface area (Å²) in [6.07, 6.45) is 9.32. The molecule has 54 heavy (non-hydrogen) atoms. The van der Waals surface area contributed by atoms with E-state index in [0.717, 1.165) is 60.8 Å². The van der Waals surface area contributed by atoms with Crippen LogP contribution in [-0.2, 0) is 16.0 Å². The molecule has 6 fully saturated rings. The number of benzene rings is 2. The molecular formula is C40H46Cl2FN9O2. The van der Waals surface area contributed by atoms with Gasteiger partial charge in [-0.1, -0.05) is 35.3 Å². The van der Waals surface area contributed by atoms with Crippen molar-refractivity contribution in [3.05, 3.63) is 75.0 Å². The van der Waals surface area contributed by atoms with E-state index >= 15 is 4.39 Å². The molecule has 284 valence electrons. The fraction of sp³-hybridized carbons (Fsp3) is 0.450. The normalized spacial score (nSPS) is 22.9. The van der Waals surface area contributed by atoms with Crippen LogP contribution in [0.3, 0.4) is 0 Å². The van der Waals surface area contributed by atoms with Gasteiger partial charge in [0, 0.05) is 89.0 Å². The first kappa shape index (κ1) is 37.9. The van der Waals surface area contributed by atoms with E-state index in [4.69, 9.17) is 34.8 Å². The smallest absolute Gasteiger partial charge is 0.226 e. The third-order valence-electron chi connectivity index (χ3n) is 11.3. The number of pyridine rings is 1. The van der Waals surface area contributed by atoms with E-state index in [2.05, 4.69) is 38.2 Å². The van der Waals surface area contributed by atoms with Gasteiger partial charge in [-0.05, 0) is 88.1 Å². The van der Waals surface area contributed by atoms with E-state index in [9.17, 15) is 14.9 Å². The maximum atomic E-state index is 16.3. The van der Waals surface area contributed by atoms with Crippen LogP contribution < -0.4 is 27.6 Å². The SMILES string of the molecule is C1NC2CC1C2.Cc1nc2c(F)c(-c3cccc(Cl)c3Cl)c(CCC#N)cc2c2[nH]c(C3CCCN3C(=O)C3CC3)cc12.NN/C=C(\N)C1CNC(=O)C1. The van der Waals surface area contributed by atoms with Crippen LogP contribution in [0.2, 0.25) is 10.0 Å².